The Kier molecular flexibility index (Phi) is 3.87. The van der Waals surface area contributed by atoms with Crippen LogP contribution < -0.4 is 5.73 Å². The molecule has 0 spiro atoms. The maximum Gasteiger partial charge on any atom is 0.476 e. The van der Waals surface area contributed by atoms with Gasteiger partial charge in [-0.05, 0) is 0 Å². The van der Waals surface area contributed by atoms with Gasteiger partial charge in [0.15, 0.2) is 0 Å². The molecule has 0 aliphatic carbocycles. The smallest absolute Gasteiger partial charge is 0.330 e. The van der Waals surface area contributed by atoms with E-state index in [1.807, 2.05) is 0 Å². The average molecular weight is 205 g/mol. The Balaban J connectivity index is 4.14. The van der Waals surface area contributed by atoms with Gasteiger partial charge < -0.3 is 20.4 Å². The minimum Gasteiger partial charge on any atom is -0.330 e. The third kappa shape index (κ3) is 6.65. The van der Waals surface area contributed by atoms with Gasteiger partial charge in [-0.2, -0.15) is 0 Å². The molecule has 0 aromatic carbocycles. The molecule has 0 rings (SSSR count). The SMILES string of the molecule is NCCP(=O)(O)OP(=O)(O)O. The van der Waals surface area contributed by atoms with Crippen LogP contribution >= 0.6 is 15.4 Å². The number of rotatable bonds is 4. The van der Waals surface area contributed by atoms with Crippen molar-refractivity contribution in [3.05, 3.63) is 0 Å². The fourth-order valence-electron chi connectivity index (χ4n) is 0.370. The molecule has 0 amide bonds. The van der Waals surface area contributed by atoms with E-state index in [2.05, 4.69) is 4.31 Å². The van der Waals surface area contributed by atoms with Crippen LogP contribution in [0, 0.1) is 0 Å². The van der Waals surface area contributed by atoms with Crippen molar-refractivity contribution in [3.63, 3.8) is 0 Å². The largest absolute Gasteiger partial charge is 0.476 e. The van der Waals surface area contributed by atoms with Crippen LogP contribution in [0.4, 0.5) is 0 Å². The van der Waals surface area contributed by atoms with Crippen molar-refractivity contribution in [2.75, 3.05) is 12.7 Å². The molecule has 5 N–H and O–H groups in total. The summed E-state index contributed by atoms with van der Waals surface area (Å²) < 4.78 is 24.2. The van der Waals surface area contributed by atoms with Gasteiger partial charge in [-0.25, -0.2) is 8.88 Å². The fraction of sp³-hybridized carbons (Fsp3) is 1.00. The molecule has 68 valence electrons. The highest BCUT2D eigenvalue weighted by Gasteiger charge is 2.29. The topological polar surface area (TPSA) is 130 Å². The zero-order valence-corrected chi connectivity index (χ0v) is 7.24. The van der Waals surface area contributed by atoms with Crippen LogP contribution in [0.5, 0.6) is 0 Å². The molecule has 1 unspecified atom stereocenters. The molecule has 7 nitrogen and oxygen atoms in total. The monoisotopic (exact) mass is 205 g/mol. The lowest BCUT2D eigenvalue weighted by Gasteiger charge is -2.10. The van der Waals surface area contributed by atoms with Crippen molar-refractivity contribution in [1.29, 1.82) is 0 Å². The maximum absolute atomic E-state index is 10.6. The molecule has 0 saturated heterocycles. The Morgan fingerprint density at radius 3 is 2.00 bits per heavy atom. The van der Waals surface area contributed by atoms with Gasteiger partial charge in [-0.15, -0.1) is 0 Å². The van der Waals surface area contributed by atoms with E-state index in [1.54, 1.807) is 0 Å². The van der Waals surface area contributed by atoms with Gasteiger partial charge in [0.2, 0.25) is 0 Å². The number of nitrogens with two attached hydrogens (primary N) is 1. The third-order valence-electron chi connectivity index (χ3n) is 0.646. The van der Waals surface area contributed by atoms with E-state index in [0.717, 1.165) is 0 Å². The van der Waals surface area contributed by atoms with Gasteiger partial charge in [0.1, 0.15) is 0 Å². The molecule has 0 saturated carbocycles. The predicted molar refractivity (Wildman–Crippen MR) is 36.9 cm³/mol. The summed E-state index contributed by atoms with van der Waals surface area (Å²) in [6, 6.07) is 0. The van der Waals surface area contributed by atoms with Crippen LogP contribution in [0.25, 0.3) is 0 Å². The Morgan fingerprint density at radius 1 is 1.27 bits per heavy atom. The first-order valence-electron chi connectivity index (χ1n) is 2.55. The van der Waals surface area contributed by atoms with Gasteiger partial charge in [-0.1, -0.05) is 0 Å². The summed E-state index contributed by atoms with van der Waals surface area (Å²) in [5.41, 5.74) is 4.87. The van der Waals surface area contributed by atoms with Gasteiger partial charge in [0.25, 0.3) is 0 Å². The second-order valence-corrected chi connectivity index (χ2v) is 5.08. The highest BCUT2D eigenvalue weighted by molar-refractivity contribution is 7.63. The highest BCUT2D eigenvalue weighted by Crippen LogP contribution is 2.56. The van der Waals surface area contributed by atoms with E-state index < -0.39 is 21.6 Å². The number of hydrogen-bond donors (Lipinski definition) is 4. The van der Waals surface area contributed by atoms with Crippen molar-refractivity contribution in [3.8, 4) is 0 Å². The van der Waals surface area contributed by atoms with Crippen LogP contribution in [0.15, 0.2) is 0 Å². The maximum atomic E-state index is 10.6. The van der Waals surface area contributed by atoms with E-state index in [4.69, 9.17) is 20.4 Å². The quantitative estimate of drug-likeness (QED) is 0.443. The summed E-state index contributed by atoms with van der Waals surface area (Å²) in [7, 11) is -9.09. The molecule has 0 fully saturated rings. The van der Waals surface area contributed by atoms with E-state index in [-0.39, 0.29) is 6.54 Å². The van der Waals surface area contributed by atoms with E-state index in [0.29, 0.717) is 0 Å². The molecule has 0 aromatic rings. The number of phosphoric acid groups is 1. The lowest BCUT2D eigenvalue weighted by molar-refractivity contribution is 0.264. The Morgan fingerprint density at radius 2 is 1.73 bits per heavy atom. The summed E-state index contributed by atoms with van der Waals surface area (Å²) in [4.78, 5) is 24.8. The minimum absolute atomic E-state index is 0.173. The first-order valence-corrected chi connectivity index (χ1v) is 5.85. The van der Waals surface area contributed by atoms with Gasteiger partial charge in [-0.3, -0.25) is 4.57 Å². The first kappa shape index (κ1) is 11.3. The second-order valence-electron chi connectivity index (χ2n) is 1.72. The predicted octanol–water partition coefficient (Wildman–Crippen LogP) is -0.760. The van der Waals surface area contributed by atoms with Crippen molar-refractivity contribution < 1.29 is 28.1 Å². The minimum atomic E-state index is -4.89. The highest BCUT2D eigenvalue weighted by atomic mass is 31.3. The van der Waals surface area contributed by atoms with Gasteiger partial charge >= 0.3 is 15.4 Å². The van der Waals surface area contributed by atoms with Crippen LogP contribution in [-0.4, -0.2) is 27.4 Å². The standard InChI is InChI=1S/C2H9NO6P2/c3-1-2-10(4,5)9-11(6,7)8/h1-3H2,(H,4,5)(H2,6,7,8). The summed E-state index contributed by atoms with van der Waals surface area (Å²) in [6.07, 6.45) is -0.474. The molecule has 0 heterocycles. The van der Waals surface area contributed by atoms with Crippen LogP contribution in [0.1, 0.15) is 0 Å². The first-order chi connectivity index (χ1) is 4.77. The van der Waals surface area contributed by atoms with Crippen molar-refractivity contribution in [2.24, 2.45) is 5.73 Å². The summed E-state index contributed by atoms with van der Waals surface area (Å²) in [6.45, 7) is -0.173. The molecule has 1 atom stereocenters. The molecular weight excluding hydrogens is 196 g/mol. The Hall–Kier alpha value is 0.260. The Bertz CT molecular complexity index is 209. The molecule has 0 aromatic heterocycles. The molecule has 0 aliphatic rings. The molecule has 11 heavy (non-hydrogen) atoms. The summed E-state index contributed by atoms with van der Waals surface area (Å²) in [5.74, 6) is 0. The third-order valence-corrected chi connectivity index (χ3v) is 3.34. The molecule has 0 aliphatic heterocycles. The molecule has 0 bridgehead atoms. The van der Waals surface area contributed by atoms with Crippen molar-refractivity contribution in [1.82, 2.24) is 0 Å². The average Bonchev–Trinajstić information content (AvgIpc) is 1.55. The van der Waals surface area contributed by atoms with Crippen molar-refractivity contribution >= 4 is 15.4 Å². The lowest BCUT2D eigenvalue weighted by atomic mass is 10.8. The van der Waals surface area contributed by atoms with Gasteiger partial charge in [0, 0.05) is 6.54 Å². The Labute approximate surface area is 63.0 Å². The van der Waals surface area contributed by atoms with Crippen LogP contribution in [0.2, 0.25) is 0 Å². The summed E-state index contributed by atoms with van der Waals surface area (Å²) >= 11 is 0. The zero-order chi connectivity index (χ0) is 9.12. The van der Waals surface area contributed by atoms with Crippen molar-refractivity contribution in [2.45, 2.75) is 0 Å². The van der Waals surface area contributed by atoms with Crippen LogP contribution in [0.3, 0.4) is 0 Å². The van der Waals surface area contributed by atoms with E-state index in [9.17, 15) is 9.13 Å². The normalized spacial score (nSPS) is 17.8. The lowest BCUT2D eigenvalue weighted by Crippen LogP contribution is -2.06. The zero-order valence-electron chi connectivity index (χ0n) is 5.45. The van der Waals surface area contributed by atoms with Crippen LogP contribution in [-0.2, 0) is 13.4 Å². The molecule has 9 heteroatoms. The fourth-order valence-corrected chi connectivity index (χ4v) is 2.35. The number of hydrogen-bond acceptors (Lipinski definition) is 4. The molecule has 0 radical (unpaired) electrons. The van der Waals surface area contributed by atoms with E-state index in [1.165, 1.54) is 0 Å². The molecular formula is C2H9NO6P2. The van der Waals surface area contributed by atoms with Gasteiger partial charge in [0.05, 0.1) is 6.16 Å². The second kappa shape index (κ2) is 3.78. The van der Waals surface area contributed by atoms with E-state index >= 15 is 0 Å². The summed E-state index contributed by atoms with van der Waals surface area (Å²) in [5, 5.41) is 0.